The van der Waals surface area contributed by atoms with Crippen LogP contribution >= 0.6 is 15.9 Å². The van der Waals surface area contributed by atoms with Gasteiger partial charge in [0, 0.05) is 10.0 Å². The molecule has 0 radical (unpaired) electrons. The third-order valence-corrected chi connectivity index (χ3v) is 3.01. The number of aldehydes is 1. The maximum Gasteiger partial charge on any atom is 0.151 e. The molecule has 12 heavy (non-hydrogen) atoms. The number of carbonyl (C=O) groups is 1. The molecule has 0 N–H and O–H groups in total. The van der Waals surface area contributed by atoms with Gasteiger partial charge in [-0.1, -0.05) is 19.1 Å². The molecule has 1 rings (SSSR count). The van der Waals surface area contributed by atoms with E-state index in [0.717, 1.165) is 33.9 Å². The normalized spacial score (nSPS) is 9.92. The highest BCUT2D eigenvalue weighted by atomic mass is 79.9. The number of aryl methyl sites for hydroxylation is 2. The summed E-state index contributed by atoms with van der Waals surface area (Å²) in [5.74, 6) is 0. The van der Waals surface area contributed by atoms with Crippen molar-refractivity contribution in [2.24, 2.45) is 0 Å². The quantitative estimate of drug-likeness (QED) is 0.709. The third kappa shape index (κ3) is 1.58. The van der Waals surface area contributed by atoms with E-state index in [1.54, 1.807) is 0 Å². The first kappa shape index (κ1) is 9.46. The minimum absolute atomic E-state index is 0.789. The Bertz CT molecular complexity index is 305. The smallest absolute Gasteiger partial charge is 0.151 e. The fraction of sp³-hybridized carbons (Fsp3) is 0.300. The molecular weight excluding hydrogens is 216 g/mol. The third-order valence-electron chi connectivity index (χ3n) is 1.96. The summed E-state index contributed by atoms with van der Waals surface area (Å²) in [6.45, 7) is 4.03. The Hall–Kier alpha value is -0.630. The summed E-state index contributed by atoms with van der Waals surface area (Å²) in [5.41, 5.74) is 2.99. The zero-order valence-electron chi connectivity index (χ0n) is 7.23. The SMILES string of the molecule is CCc1ccc(C)c(Br)c1C=O. The monoisotopic (exact) mass is 226 g/mol. The second-order valence-corrected chi connectivity index (χ2v) is 3.53. The molecule has 0 unspecified atom stereocenters. The first-order chi connectivity index (χ1) is 5.70. The van der Waals surface area contributed by atoms with E-state index in [-0.39, 0.29) is 0 Å². The summed E-state index contributed by atoms with van der Waals surface area (Å²) < 4.78 is 0.928. The summed E-state index contributed by atoms with van der Waals surface area (Å²) in [6.07, 6.45) is 1.81. The molecule has 0 saturated carbocycles. The van der Waals surface area contributed by atoms with Gasteiger partial charge in [-0.25, -0.2) is 0 Å². The average Bonchev–Trinajstić information content (AvgIpc) is 2.09. The Morgan fingerprint density at radius 1 is 1.50 bits per heavy atom. The van der Waals surface area contributed by atoms with Crippen LogP contribution in [0.1, 0.15) is 28.4 Å². The molecule has 0 bridgehead atoms. The van der Waals surface area contributed by atoms with Gasteiger partial charge < -0.3 is 0 Å². The molecule has 0 amide bonds. The molecule has 1 nitrogen and oxygen atoms in total. The molecule has 0 heterocycles. The van der Waals surface area contributed by atoms with Crippen molar-refractivity contribution < 1.29 is 4.79 Å². The molecule has 0 aliphatic rings. The summed E-state index contributed by atoms with van der Waals surface area (Å²) in [7, 11) is 0. The maximum atomic E-state index is 10.7. The van der Waals surface area contributed by atoms with Crippen LogP contribution in [0.4, 0.5) is 0 Å². The minimum Gasteiger partial charge on any atom is -0.298 e. The molecule has 2 heteroatoms. The van der Waals surface area contributed by atoms with Crippen molar-refractivity contribution >= 4 is 22.2 Å². The van der Waals surface area contributed by atoms with E-state index in [1.165, 1.54) is 0 Å². The van der Waals surface area contributed by atoms with Gasteiger partial charge in [-0.05, 0) is 40.4 Å². The van der Waals surface area contributed by atoms with Crippen LogP contribution in [0, 0.1) is 6.92 Å². The van der Waals surface area contributed by atoms with Gasteiger partial charge in [0.25, 0.3) is 0 Å². The summed E-state index contributed by atoms with van der Waals surface area (Å²) >= 11 is 3.40. The van der Waals surface area contributed by atoms with E-state index in [9.17, 15) is 4.79 Å². The molecular formula is C10H11BrO. The Balaban J connectivity index is 3.35. The molecule has 1 aromatic rings. The number of hydrogen-bond donors (Lipinski definition) is 0. The van der Waals surface area contributed by atoms with E-state index in [1.807, 2.05) is 26.0 Å². The van der Waals surface area contributed by atoms with Crippen molar-refractivity contribution in [1.82, 2.24) is 0 Å². The zero-order valence-corrected chi connectivity index (χ0v) is 8.81. The molecule has 0 saturated heterocycles. The van der Waals surface area contributed by atoms with Gasteiger partial charge in [0.05, 0.1) is 0 Å². The summed E-state index contributed by atoms with van der Waals surface area (Å²) in [4.78, 5) is 10.7. The van der Waals surface area contributed by atoms with Crippen molar-refractivity contribution in [3.05, 3.63) is 33.3 Å². The topological polar surface area (TPSA) is 17.1 Å². The van der Waals surface area contributed by atoms with Crippen LogP contribution in [0.5, 0.6) is 0 Å². The molecule has 0 aromatic heterocycles. The van der Waals surface area contributed by atoms with Gasteiger partial charge in [-0.3, -0.25) is 4.79 Å². The van der Waals surface area contributed by atoms with Crippen molar-refractivity contribution in [3.8, 4) is 0 Å². The molecule has 0 spiro atoms. The van der Waals surface area contributed by atoms with Crippen LogP contribution in [-0.2, 0) is 6.42 Å². The van der Waals surface area contributed by atoms with E-state index in [2.05, 4.69) is 15.9 Å². The van der Waals surface area contributed by atoms with Gasteiger partial charge >= 0.3 is 0 Å². The number of carbonyl (C=O) groups excluding carboxylic acids is 1. The van der Waals surface area contributed by atoms with Crippen LogP contribution in [0.2, 0.25) is 0 Å². The van der Waals surface area contributed by atoms with Crippen LogP contribution in [0.15, 0.2) is 16.6 Å². The van der Waals surface area contributed by atoms with Crippen LogP contribution in [0.3, 0.4) is 0 Å². The number of hydrogen-bond acceptors (Lipinski definition) is 1. The molecule has 64 valence electrons. The van der Waals surface area contributed by atoms with E-state index in [0.29, 0.717) is 0 Å². The fourth-order valence-electron chi connectivity index (χ4n) is 1.18. The number of halogens is 1. The standard InChI is InChI=1S/C10H11BrO/c1-3-8-5-4-7(2)10(11)9(8)6-12/h4-6H,3H2,1-2H3. The largest absolute Gasteiger partial charge is 0.298 e. The molecule has 0 fully saturated rings. The Kier molecular flexibility index (Phi) is 3.04. The van der Waals surface area contributed by atoms with Crippen molar-refractivity contribution in [3.63, 3.8) is 0 Å². The lowest BCUT2D eigenvalue weighted by Gasteiger charge is -2.06. The van der Waals surface area contributed by atoms with Gasteiger partial charge in [-0.2, -0.15) is 0 Å². The van der Waals surface area contributed by atoms with E-state index in [4.69, 9.17) is 0 Å². The van der Waals surface area contributed by atoms with Crippen LogP contribution < -0.4 is 0 Å². The van der Waals surface area contributed by atoms with Crippen molar-refractivity contribution in [1.29, 1.82) is 0 Å². The van der Waals surface area contributed by atoms with Crippen molar-refractivity contribution in [2.75, 3.05) is 0 Å². The van der Waals surface area contributed by atoms with E-state index < -0.39 is 0 Å². The van der Waals surface area contributed by atoms with Crippen LogP contribution in [0.25, 0.3) is 0 Å². The highest BCUT2D eigenvalue weighted by molar-refractivity contribution is 9.10. The van der Waals surface area contributed by atoms with Gasteiger partial charge in [0.2, 0.25) is 0 Å². The van der Waals surface area contributed by atoms with Gasteiger partial charge in [-0.15, -0.1) is 0 Å². The highest BCUT2D eigenvalue weighted by Gasteiger charge is 2.05. The Morgan fingerprint density at radius 3 is 2.67 bits per heavy atom. The average molecular weight is 227 g/mol. The van der Waals surface area contributed by atoms with Crippen molar-refractivity contribution in [2.45, 2.75) is 20.3 Å². The first-order valence-electron chi connectivity index (χ1n) is 3.93. The van der Waals surface area contributed by atoms with Crippen LogP contribution in [-0.4, -0.2) is 6.29 Å². The molecule has 1 aromatic carbocycles. The number of rotatable bonds is 2. The predicted molar refractivity (Wildman–Crippen MR) is 53.6 cm³/mol. The lowest BCUT2D eigenvalue weighted by atomic mass is 10.0. The molecule has 0 atom stereocenters. The Morgan fingerprint density at radius 2 is 2.17 bits per heavy atom. The lowest BCUT2D eigenvalue weighted by Crippen LogP contribution is -1.93. The summed E-state index contributed by atoms with van der Waals surface area (Å²) in [6, 6.07) is 4.03. The second kappa shape index (κ2) is 3.85. The fourth-order valence-corrected chi connectivity index (χ4v) is 1.66. The van der Waals surface area contributed by atoms with E-state index >= 15 is 0 Å². The second-order valence-electron chi connectivity index (χ2n) is 2.74. The summed E-state index contributed by atoms with van der Waals surface area (Å²) in [5, 5.41) is 0. The van der Waals surface area contributed by atoms with Gasteiger partial charge in [0.1, 0.15) is 0 Å². The number of benzene rings is 1. The Labute approximate surface area is 80.9 Å². The minimum atomic E-state index is 0.789. The first-order valence-corrected chi connectivity index (χ1v) is 4.73. The molecule has 0 aliphatic carbocycles. The predicted octanol–water partition coefficient (Wildman–Crippen LogP) is 3.13. The zero-order chi connectivity index (χ0) is 9.14. The molecule has 0 aliphatic heterocycles. The lowest BCUT2D eigenvalue weighted by molar-refractivity contribution is 0.112. The van der Waals surface area contributed by atoms with Gasteiger partial charge in [0.15, 0.2) is 6.29 Å². The highest BCUT2D eigenvalue weighted by Crippen LogP contribution is 2.23. The maximum absolute atomic E-state index is 10.7.